The van der Waals surface area contributed by atoms with Crippen LogP contribution in [-0.2, 0) is 0 Å². The molecule has 0 saturated carbocycles. The molecule has 0 radical (unpaired) electrons. The summed E-state index contributed by atoms with van der Waals surface area (Å²) in [6.45, 7) is 0. The lowest BCUT2D eigenvalue weighted by molar-refractivity contribution is 1.56. The fourth-order valence-electron chi connectivity index (χ4n) is 1.43. The van der Waals surface area contributed by atoms with E-state index in [-0.39, 0.29) is 0 Å². The fraction of sp³-hybridized carbons (Fsp3) is 0. The van der Waals surface area contributed by atoms with Crippen molar-refractivity contribution in [2.75, 3.05) is 10.6 Å². The van der Waals surface area contributed by atoms with E-state index in [9.17, 15) is 0 Å². The molecule has 2 aromatic carbocycles. The molecule has 0 fully saturated rings. The smallest absolute Gasteiger partial charge is 0.175 e. The van der Waals surface area contributed by atoms with Crippen molar-refractivity contribution in [2.45, 2.75) is 0 Å². The van der Waals surface area contributed by atoms with Crippen LogP contribution in [-0.4, -0.2) is 5.11 Å². The summed E-state index contributed by atoms with van der Waals surface area (Å²) < 4.78 is 2.03. The van der Waals surface area contributed by atoms with Gasteiger partial charge in [-0.2, -0.15) is 0 Å². The predicted octanol–water partition coefficient (Wildman–Crippen LogP) is 5.52. The summed E-state index contributed by atoms with van der Waals surface area (Å²) in [6, 6.07) is 13.5. The third-order valence-electron chi connectivity index (χ3n) is 2.30. The van der Waals surface area contributed by atoms with Gasteiger partial charge in [-0.05, 0) is 65.1 Å². The highest BCUT2D eigenvalue weighted by Gasteiger charge is 2.05. The van der Waals surface area contributed by atoms with Crippen LogP contribution in [0.2, 0.25) is 5.02 Å². The molecule has 0 aliphatic rings. The third-order valence-corrected chi connectivity index (χ3v) is 4.25. The van der Waals surface area contributed by atoms with Crippen molar-refractivity contribution >= 4 is 78.8 Å². The Morgan fingerprint density at radius 3 is 2.47 bits per heavy atom. The molecule has 2 N–H and O–H groups in total. The van der Waals surface area contributed by atoms with Crippen molar-refractivity contribution in [1.29, 1.82) is 0 Å². The van der Waals surface area contributed by atoms with Gasteiger partial charge in [-0.25, -0.2) is 0 Å². The lowest BCUT2D eigenvalue weighted by Gasteiger charge is -2.13. The second-order valence-electron chi connectivity index (χ2n) is 3.68. The minimum atomic E-state index is 0.508. The molecule has 0 amide bonds. The van der Waals surface area contributed by atoms with Gasteiger partial charge in [0.15, 0.2) is 5.11 Å². The molecule has 19 heavy (non-hydrogen) atoms. The maximum Gasteiger partial charge on any atom is 0.175 e. The van der Waals surface area contributed by atoms with Gasteiger partial charge >= 0.3 is 0 Å². The van der Waals surface area contributed by atoms with E-state index in [0.29, 0.717) is 10.1 Å². The molecule has 0 unspecified atom stereocenters. The van der Waals surface area contributed by atoms with Gasteiger partial charge in [-0.3, -0.25) is 0 Å². The molecule has 0 saturated heterocycles. The molecule has 2 aromatic rings. The van der Waals surface area contributed by atoms with Gasteiger partial charge in [-0.15, -0.1) is 0 Å². The van der Waals surface area contributed by atoms with Crippen LogP contribution in [0.3, 0.4) is 0 Å². The van der Waals surface area contributed by atoms with Gasteiger partial charge in [0, 0.05) is 8.04 Å². The van der Waals surface area contributed by atoms with E-state index in [1.54, 1.807) is 0 Å². The van der Waals surface area contributed by atoms with Crippen LogP contribution in [0.1, 0.15) is 0 Å². The Hall–Kier alpha value is -0.370. The molecule has 98 valence electrons. The normalized spacial score (nSPS) is 10.1. The second kappa shape index (κ2) is 6.88. The van der Waals surface area contributed by atoms with Gasteiger partial charge in [0.05, 0.1) is 16.4 Å². The Balaban J connectivity index is 2.08. The average Bonchev–Trinajstić information content (AvgIpc) is 2.36. The van der Waals surface area contributed by atoms with Crippen molar-refractivity contribution < 1.29 is 0 Å². The Morgan fingerprint density at radius 1 is 1.11 bits per heavy atom. The lowest BCUT2D eigenvalue weighted by atomic mass is 10.3. The van der Waals surface area contributed by atoms with Crippen LogP contribution in [0.5, 0.6) is 0 Å². The number of benzene rings is 2. The van der Waals surface area contributed by atoms with E-state index in [0.717, 1.165) is 19.4 Å². The summed E-state index contributed by atoms with van der Waals surface area (Å²) in [5.41, 5.74) is 1.74. The van der Waals surface area contributed by atoms with E-state index in [1.807, 2.05) is 42.5 Å². The van der Waals surface area contributed by atoms with E-state index < -0.39 is 0 Å². The molecule has 0 atom stereocenters. The monoisotopic (exact) mass is 466 g/mol. The minimum absolute atomic E-state index is 0.508. The summed E-state index contributed by atoms with van der Waals surface area (Å²) in [7, 11) is 0. The molecule has 0 spiro atoms. The molecule has 0 aromatic heterocycles. The number of hydrogen-bond acceptors (Lipinski definition) is 1. The zero-order valence-corrected chi connectivity index (χ0v) is 14.9. The Labute approximate surface area is 144 Å². The van der Waals surface area contributed by atoms with Crippen molar-refractivity contribution in [2.24, 2.45) is 0 Å². The molecule has 2 rings (SSSR count). The van der Waals surface area contributed by atoms with Crippen LogP contribution in [0, 0.1) is 3.57 Å². The van der Waals surface area contributed by atoms with Gasteiger partial charge < -0.3 is 10.6 Å². The number of para-hydroxylation sites is 1. The first-order valence-electron chi connectivity index (χ1n) is 5.34. The van der Waals surface area contributed by atoms with Gasteiger partial charge in [0.2, 0.25) is 0 Å². The third kappa shape index (κ3) is 4.30. The Bertz CT molecular complexity index is 621. The minimum Gasteiger partial charge on any atom is -0.332 e. The fourth-order valence-corrected chi connectivity index (χ4v) is 2.89. The Kier molecular flexibility index (Phi) is 5.44. The largest absolute Gasteiger partial charge is 0.332 e. The van der Waals surface area contributed by atoms with Crippen LogP contribution in [0.4, 0.5) is 11.4 Å². The highest BCUT2D eigenvalue weighted by molar-refractivity contribution is 14.1. The van der Waals surface area contributed by atoms with Crippen molar-refractivity contribution in [3.05, 3.63) is 55.5 Å². The first-order valence-corrected chi connectivity index (χ1v) is 7.99. The molecular weight excluding hydrogens is 458 g/mol. The van der Waals surface area contributed by atoms with Crippen LogP contribution < -0.4 is 10.6 Å². The first kappa shape index (κ1) is 15.0. The highest BCUT2D eigenvalue weighted by atomic mass is 127. The zero-order chi connectivity index (χ0) is 13.8. The van der Waals surface area contributed by atoms with Crippen LogP contribution in [0.15, 0.2) is 46.9 Å². The number of thiocarbonyl (C=S) groups is 1. The Morgan fingerprint density at radius 2 is 1.79 bits per heavy atom. The summed E-state index contributed by atoms with van der Waals surface area (Å²) in [5, 5.41) is 7.34. The number of nitrogens with one attached hydrogen (secondary N) is 2. The van der Waals surface area contributed by atoms with Gasteiger partial charge in [-0.1, -0.05) is 39.7 Å². The summed E-state index contributed by atoms with van der Waals surface area (Å²) in [5.74, 6) is 0. The molecule has 0 heterocycles. The maximum absolute atomic E-state index is 6.13. The standard InChI is InChI=1S/C13H9BrClIN2S/c14-8-5-6-11(9(15)7-8)17-13(19)18-12-4-2-1-3-10(12)16/h1-7H,(H2,17,18,19). The van der Waals surface area contributed by atoms with Crippen molar-refractivity contribution in [3.8, 4) is 0 Å². The van der Waals surface area contributed by atoms with E-state index in [4.69, 9.17) is 23.8 Å². The van der Waals surface area contributed by atoms with Crippen molar-refractivity contribution in [1.82, 2.24) is 0 Å². The van der Waals surface area contributed by atoms with Crippen LogP contribution >= 0.6 is 62.3 Å². The molecule has 6 heteroatoms. The quantitative estimate of drug-likeness (QED) is 0.450. The van der Waals surface area contributed by atoms with E-state index in [2.05, 4.69) is 49.2 Å². The number of rotatable bonds is 2. The van der Waals surface area contributed by atoms with E-state index >= 15 is 0 Å². The predicted molar refractivity (Wildman–Crippen MR) is 98.2 cm³/mol. The van der Waals surface area contributed by atoms with Gasteiger partial charge in [0.25, 0.3) is 0 Å². The van der Waals surface area contributed by atoms with Crippen LogP contribution in [0.25, 0.3) is 0 Å². The topological polar surface area (TPSA) is 24.1 Å². The lowest BCUT2D eigenvalue weighted by Crippen LogP contribution is -2.19. The number of anilines is 2. The summed E-state index contributed by atoms with van der Waals surface area (Å²) in [4.78, 5) is 0. The number of halogens is 3. The summed E-state index contributed by atoms with van der Waals surface area (Å²) in [6.07, 6.45) is 0. The highest BCUT2D eigenvalue weighted by Crippen LogP contribution is 2.26. The second-order valence-corrected chi connectivity index (χ2v) is 6.58. The molecule has 2 nitrogen and oxygen atoms in total. The maximum atomic E-state index is 6.13. The molecule has 0 aliphatic carbocycles. The van der Waals surface area contributed by atoms with Crippen molar-refractivity contribution in [3.63, 3.8) is 0 Å². The average molecular weight is 468 g/mol. The first-order chi connectivity index (χ1) is 9.06. The number of hydrogen-bond donors (Lipinski definition) is 2. The molecular formula is C13H9BrClIN2S. The summed E-state index contributed by atoms with van der Waals surface area (Å²) >= 11 is 17.0. The zero-order valence-electron chi connectivity index (χ0n) is 9.58. The molecule has 0 bridgehead atoms. The SMILES string of the molecule is S=C(Nc1ccc(Br)cc1Cl)Nc1ccccc1I. The van der Waals surface area contributed by atoms with Gasteiger partial charge in [0.1, 0.15) is 0 Å². The molecule has 0 aliphatic heterocycles. The van der Waals surface area contributed by atoms with E-state index in [1.165, 1.54) is 0 Å².